The fourth-order valence-corrected chi connectivity index (χ4v) is 2.43. The first-order chi connectivity index (χ1) is 9.24. The molecule has 0 fully saturated rings. The highest BCUT2D eigenvalue weighted by atomic mass is 32.1. The number of anilines is 1. The SMILES string of the molecule is CCCCCCCCCCOC(=O)c1cnc(N)s1. The molecule has 0 unspecified atom stereocenters. The molecule has 0 amide bonds. The van der Waals surface area contributed by atoms with Gasteiger partial charge in [0.1, 0.15) is 4.88 Å². The first-order valence-corrected chi connectivity index (χ1v) is 7.94. The summed E-state index contributed by atoms with van der Waals surface area (Å²) in [5, 5.41) is 0.402. The summed E-state index contributed by atoms with van der Waals surface area (Å²) in [4.78, 5) is 15.9. The van der Waals surface area contributed by atoms with Gasteiger partial charge in [0.15, 0.2) is 5.13 Å². The maximum absolute atomic E-state index is 11.6. The molecule has 1 rings (SSSR count). The molecular formula is C14H24N2O2S. The molecule has 108 valence electrons. The number of aromatic nitrogens is 1. The minimum Gasteiger partial charge on any atom is -0.461 e. The molecule has 0 atom stereocenters. The zero-order valence-electron chi connectivity index (χ0n) is 11.7. The van der Waals surface area contributed by atoms with Crippen molar-refractivity contribution in [2.45, 2.75) is 58.3 Å². The van der Waals surface area contributed by atoms with Crippen molar-refractivity contribution in [3.05, 3.63) is 11.1 Å². The van der Waals surface area contributed by atoms with Gasteiger partial charge in [0.2, 0.25) is 0 Å². The highest BCUT2D eigenvalue weighted by Crippen LogP contribution is 2.15. The molecule has 0 aliphatic rings. The number of rotatable bonds is 10. The van der Waals surface area contributed by atoms with Gasteiger partial charge in [-0.15, -0.1) is 0 Å². The van der Waals surface area contributed by atoms with Gasteiger partial charge >= 0.3 is 5.97 Å². The Labute approximate surface area is 119 Å². The Kier molecular flexibility index (Phi) is 8.21. The highest BCUT2D eigenvalue weighted by Gasteiger charge is 2.10. The molecule has 0 aliphatic heterocycles. The molecule has 2 N–H and O–H groups in total. The number of hydrogen-bond acceptors (Lipinski definition) is 5. The van der Waals surface area contributed by atoms with Crippen LogP contribution >= 0.6 is 11.3 Å². The number of nitrogens with zero attached hydrogens (tertiary/aromatic N) is 1. The Morgan fingerprint density at radius 3 is 2.42 bits per heavy atom. The van der Waals surface area contributed by atoms with Crippen molar-refractivity contribution in [2.24, 2.45) is 0 Å². The minimum atomic E-state index is -0.308. The maximum atomic E-state index is 11.6. The Morgan fingerprint density at radius 2 is 1.84 bits per heavy atom. The normalized spacial score (nSPS) is 10.6. The van der Waals surface area contributed by atoms with Gasteiger partial charge in [0, 0.05) is 0 Å². The van der Waals surface area contributed by atoms with Crippen LogP contribution in [0.3, 0.4) is 0 Å². The monoisotopic (exact) mass is 284 g/mol. The van der Waals surface area contributed by atoms with Crippen LogP contribution in [0.25, 0.3) is 0 Å². The Balaban J connectivity index is 1.95. The number of ether oxygens (including phenoxy) is 1. The summed E-state index contributed by atoms with van der Waals surface area (Å²) in [5.74, 6) is -0.308. The quantitative estimate of drug-likeness (QED) is 0.520. The highest BCUT2D eigenvalue weighted by molar-refractivity contribution is 7.17. The molecule has 0 bridgehead atoms. The van der Waals surface area contributed by atoms with Crippen LogP contribution in [0.4, 0.5) is 5.13 Å². The Bertz CT molecular complexity index is 366. The van der Waals surface area contributed by atoms with Gasteiger partial charge in [0.05, 0.1) is 12.8 Å². The number of unbranched alkanes of at least 4 members (excludes halogenated alkanes) is 7. The van der Waals surface area contributed by atoms with Crippen LogP contribution in [0, 0.1) is 0 Å². The summed E-state index contributed by atoms with van der Waals surface area (Å²) in [5.41, 5.74) is 5.46. The third kappa shape index (κ3) is 7.15. The second-order valence-electron chi connectivity index (χ2n) is 4.67. The van der Waals surface area contributed by atoms with Crippen LogP contribution in [0.2, 0.25) is 0 Å². The standard InChI is InChI=1S/C14H24N2O2S/c1-2-3-4-5-6-7-8-9-10-18-13(17)12-11-16-14(15)19-12/h11H,2-10H2,1H3,(H2,15,16). The smallest absolute Gasteiger partial charge is 0.350 e. The largest absolute Gasteiger partial charge is 0.461 e. The minimum absolute atomic E-state index is 0.308. The lowest BCUT2D eigenvalue weighted by molar-refractivity contribution is 0.0503. The molecule has 1 aromatic heterocycles. The van der Waals surface area contributed by atoms with Crippen molar-refractivity contribution in [1.29, 1.82) is 0 Å². The fraction of sp³-hybridized carbons (Fsp3) is 0.714. The average Bonchev–Trinajstić information content (AvgIpc) is 2.83. The summed E-state index contributed by atoms with van der Waals surface area (Å²) < 4.78 is 5.16. The zero-order valence-corrected chi connectivity index (χ0v) is 12.5. The summed E-state index contributed by atoms with van der Waals surface area (Å²) in [6, 6.07) is 0. The third-order valence-electron chi connectivity index (χ3n) is 2.96. The number of hydrogen-bond donors (Lipinski definition) is 1. The molecule has 0 aromatic carbocycles. The summed E-state index contributed by atoms with van der Waals surface area (Å²) >= 11 is 1.17. The molecular weight excluding hydrogens is 260 g/mol. The van der Waals surface area contributed by atoms with E-state index >= 15 is 0 Å². The van der Waals surface area contributed by atoms with Crippen LogP contribution in [0.5, 0.6) is 0 Å². The van der Waals surface area contributed by atoms with E-state index in [-0.39, 0.29) is 5.97 Å². The van der Waals surface area contributed by atoms with Crippen molar-refractivity contribution in [2.75, 3.05) is 12.3 Å². The van der Waals surface area contributed by atoms with E-state index in [0.717, 1.165) is 12.8 Å². The van der Waals surface area contributed by atoms with Crippen molar-refractivity contribution < 1.29 is 9.53 Å². The van der Waals surface area contributed by atoms with Gasteiger partial charge in [-0.1, -0.05) is 63.2 Å². The van der Waals surface area contributed by atoms with Crippen LogP contribution < -0.4 is 5.73 Å². The van der Waals surface area contributed by atoms with E-state index in [1.165, 1.54) is 56.1 Å². The van der Waals surface area contributed by atoms with Gasteiger partial charge in [-0.25, -0.2) is 9.78 Å². The predicted octanol–water partition coefficient (Wildman–Crippen LogP) is 4.02. The van der Waals surface area contributed by atoms with Gasteiger partial charge in [0.25, 0.3) is 0 Å². The van der Waals surface area contributed by atoms with Gasteiger partial charge in [-0.05, 0) is 6.42 Å². The number of nitrogen functional groups attached to an aromatic ring is 1. The number of thiazole rings is 1. The number of nitrogens with two attached hydrogens (primary N) is 1. The lowest BCUT2D eigenvalue weighted by Crippen LogP contribution is -2.04. The van der Waals surface area contributed by atoms with Crippen LogP contribution in [0.15, 0.2) is 6.20 Å². The third-order valence-corrected chi connectivity index (χ3v) is 3.76. The molecule has 19 heavy (non-hydrogen) atoms. The predicted molar refractivity (Wildman–Crippen MR) is 79.4 cm³/mol. The zero-order chi connectivity index (χ0) is 13.9. The average molecular weight is 284 g/mol. The summed E-state index contributed by atoms with van der Waals surface area (Å²) in [7, 11) is 0. The van der Waals surface area contributed by atoms with Crippen molar-refractivity contribution in [3.63, 3.8) is 0 Å². The lowest BCUT2D eigenvalue weighted by atomic mass is 10.1. The van der Waals surface area contributed by atoms with Gasteiger partial charge < -0.3 is 10.5 Å². The lowest BCUT2D eigenvalue weighted by Gasteiger charge is -2.03. The summed E-state index contributed by atoms with van der Waals surface area (Å²) in [6.07, 6.45) is 11.4. The van der Waals surface area contributed by atoms with E-state index in [4.69, 9.17) is 10.5 Å². The summed E-state index contributed by atoms with van der Waals surface area (Å²) in [6.45, 7) is 2.72. The second-order valence-corrected chi connectivity index (χ2v) is 5.74. The van der Waals surface area contributed by atoms with Gasteiger partial charge in [-0.2, -0.15) is 0 Å². The molecule has 4 nitrogen and oxygen atoms in total. The molecule has 0 radical (unpaired) electrons. The maximum Gasteiger partial charge on any atom is 0.350 e. The van der Waals surface area contributed by atoms with E-state index in [1.54, 1.807) is 0 Å². The Hall–Kier alpha value is -1.10. The molecule has 0 saturated carbocycles. The van der Waals surface area contributed by atoms with Crippen LogP contribution in [0.1, 0.15) is 68.0 Å². The van der Waals surface area contributed by atoms with Gasteiger partial charge in [-0.3, -0.25) is 0 Å². The molecule has 0 spiro atoms. The van der Waals surface area contributed by atoms with Crippen molar-refractivity contribution >= 4 is 22.4 Å². The van der Waals surface area contributed by atoms with Crippen molar-refractivity contribution in [3.8, 4) is 0 Å². The van der Waals surface area contributed by atoms with E-state index < -0.39 is 0 Å². The van der Waals surface area contributed by atoms with E-state index in [1.807, 2.05) is 0 Å². The first-order valence-electron chi connectivity index (χ1n) is 7.12. The van der Waals surface area contributed by atoms with Crippen LogP contribution in [-0.2, 0) is 4.74 Å². The topological polar surface area (TPSA) is 65.2 Å². The molecule has 5 heteroatoms. The van der Waals surface area contributed by atoms with E-state index in [2.05, 4.69) is 11.9 Å². The Morgan fingerprint density at radius 1 is 1.21 bits per heavy atom. The van der Waals surface area contributed by atoms with E-state index in [0.29, 0.717) is 16.6 Å². The molecule has 0 aliphatic carbocycles. The van der Waals surface area contributed by atoms with E-state index in [9.17, 15) is 4.79 Å². The van der Waals surface area contributed by atoms with Crippen LogP contribution in [-0.4, -0.2) is 17.6 Å². The first kappa shape index (κ1) is 16.0. The number of carbonyl (C=O) groups excluding carboxylic acids is 1. The molecule has 0 saturated heterocycles. The molecule has 1 aromatic rings. The second kappa shape index (κ2) is 9.78. The fourth-order valence-electron chi connectivity index (χ4n) is 1.85. The number of carbonyl (C=O) groups is 1. The molecule has 1 heterocycles. The van der Waals surface area contributed by atoms with Crippen molar-refractivity contribution in [1.82, 2.24) is 4.98 Å². The number of esters is 1.